The number of dihydropyridines is 1. The Morgan fingerprint density at radius 1 is 1.06 bits per heavy atom. The number of thiophene rings is 1. The largest absolute Gasteiger partial charge is 0.466 e. The average molecular weight is 475 g/mol. The van der Waals surface area contributed by atoms with Crippen molar-refractivity contribution in [1.82, 2.24) is 5.32 Å². The lowest BCUT2D eigenvalue weighted by molar-refractivity contribution is -0.140. The molecule has 174 valence electrons. The van der Waals surface area contributed by atoms with Crippen molar-refractivity contribution in [3.05, 3.63) is 57.2 Å². The lowest BCUT2D eigenvalue weighted by Gasteiger charge is -2.32. The van der Waals surface area contributed by atoms with Crippen LogP contribution in [-0.4, -0.2) is 25.7 Å². The van der Waals surface area contributed by atoms with Gasteiger partial charge in [0.05, 0.1) is 41.0 Å². The summed E-state index contributed by atoms with van der Waals surface area (Å²) in [5.41, 5.74) is 4.32. The first-order valence-corrected chi connectivity index (χ1v) is 12.9. The first-order chi connectivity index (χ1) is 16.6. The third kappa shape index (κ3) is 3.70. The Morgan fingerprint density at radius 2 is 1.74 bits per heavy atom. The monoisotopic (exact) mass is 474 g/mol. The molecule has 3 fully saturated rings. The highest BCUT2D eigenvalue weighted by Gasteiger charge is 2.47. The van der Waals surface area contributed by atoms with Gasteiger partial charge in [-0.05, 0) is 78.7 Å². The van der Waals surface area contributed by atoms with Crippen LogP contribution in [0.25, 0.3) is 10.1 Å². The second kappa shape index (κ2) is 8.28. The summed E-state index contributed by atoms with van der Waals surface area (Å²) in [5, 5.41) is 16.1. The summed E-state index contributed by atoms with van der Waals surface area (Å²) in [6.07, 6.45) is 6.24. The highest BCUT2D eigenvalue weighted by Crippen LogP contribution is 2.52. The highest BCUT2D eigenvalue weighted by molar-refractivity contribution is 7.17. The standard InChI is InChI=1S/C27H26N2O4S/c1-32-26(30)21-20(19-13-34-25-17(11-28)3-2-4-18(19)25)22(27(31)33-12-14-5-6-14)24(16-9-10-16)29-23(21)15-7-8-15/h2-4,13-16,20,29H,5-10,12H2,1H3. The molecule has 1 aromatic carbocycles. The number of esters is 2. The van der Waals surface area contributed by atoms with Crippen molar-refractivity contribution in [3.8, 4) is 6.07 Å². The van der Waals surface area contributed by atoms with E-state index < -0.39 is 11.9 Å². The number of methoxy groups -OCH3 is 1. The van der Waals surface area contributed by atoms with Crippen molar-refractivity contribution in [3.63, 3.8) is 0 Å². The predicted octanol–water partition coefficient (Wildman–Crippen LogP) is 4.91. The molecule has 0 saturated heterocycles. The zero-order chi connectivity index (χ0) is 23.4. The fourth-order valence-corrected chi connectivity index (χ4v) is 6.01. The molecule has 3 aliphatic carbocycles. The van der Waals surface area contributed by atoms with Gasteiger partial charge in [0.25, 0.3) is 0 Å². The zero-order valence-electron chi connectivity index (χ0n) is 19.1. The molecule has 0 spiro atoms. The van der Waals surface area contributed by atoms with Crippen LogP contribution >= 0.6 is 11.3 Å². The Labute approximate surface area is 202 Å². The number of rotatable bonds is 7. The number of hydrogen-bond donors (Lipinski definition) is 1. The minimum absolute atomic E-state index is 0.272. The Morgan fingerprint density at radius 3 is 2.32 bits per heavy atom. The smallest absolute Gasteiger partial charge is 0.336 e. The van der Waals surface area contributed by atoms with Gasteiger partial charge in [-0.25, -0.2) is 9.59 Å². The van der Waals surface area contributed by atoms with Crippen LogP contribution in [0.4, 0.5) is 0 Å². The normalized spacial score (nSPS) is 22.4. The van der Waals surface area contributed by atoms with Crippen molar-refractivity contribution in [2.24, 2.45) is 17.8 Å². The molecular formula is C27H26N2O4S. The molecule has 1 unspecified atom stereocenters. The molecule has 0 bridgehead atoms. The first-order valence-electron chi connectivity index (χ1n) is 12.0. The number of nitrogens with one attached hydrogen (secondary N) is 1. The van der Waals surface area contributed by atoms with Crippen LogP contribution in [-0.2, 0) is 19.1 Å². The van der Waals surface area contributed by atoms with E-state index in [1.54, 1.807) is 6.07 Å². The summed E-state index contributed by atoms with van der Waals surface area (Å²) < 4.78 is 12.0. The number of hydrogen-bond acceptors (Lipinski definition) is 7. The second-order valence-corrected chi connectivity index (χ2v) is 10.7. The van der Waals surface area contributed by atoms with Crippen LogP contribution in [0, 0.1) is 29.1 Å². The number of ether oxygens (including phenoxy) is 2. The summed E-state index contributed by atoms with van der Waals surface area (Å²) >= 11 is 1.48. The Kier molecular flexibility index (Phi) is 5.22. The van der Waals surface area contributed by atoms with Crippen LogP contribution in [0.5, 0.6) is 0 Å². The number of nitrogens with zero attached hydrogens (tertiary/aromatic N) is 1. The number of fused-ring (bicyclic) bond motifs is 1. The molecule has 0 amide bonds. The van der Waals surface area contributed by atoms with Crippen molar-refractivity contribution < 1.29 is 19.1 Å². The summed E-state index contributed by atoms with van der Waals surface area (Å²) in [4.78, 5) is 26.9. The average Bonchev–Trinajstić information content (AvgIpc) is 3.71. The molecule has 4 aliphatic rings. The fourth-order valence-electron chi connectivity index (χ4n) is 4.94. The van der Waals surface area contributed by atoms with E-state index in [1.165, 1.54) is 18.4 Å². The van der Waals surface area contributed by atoms with Crippen LogP contribution in [0.3, 0.4) is 0 Å². The Hall–Kier alpha value is -3.11. The van der Waals surface area contributed by atoms with E-state index in [0.29, 0.717) is 29.2 Å². The molecule has 2 aromatic rings. The molecule has 6 rings (SSSR count). The molecule has 0 radical (unpaired) electrons. The first kappa shape index (κ1) is 21.4. The summed E-state index contributed by atoms with van der Waals surface area (Å²) in [6.45, 7) is 0.419. The van der Waals surface area contributed by atoms with E-state index in [2.05, 4.69) is 11.4 Å². The molecule has 2 heterocycles. The van der Waals surface area contributed by atoms with Crippen LogP contribution in [0.2, 0.25) is 0 Å². The molecule has 6 nitrogen and oxygen atoms in total. The van der Waals surface area contributed by atoms with E-state index in [1.807, 2.05) is 17.5 Å². The molecule has 1 N–H and O–H groups in total. The topological polar surface area (TPSA) is 88.4 Å². The lowest BCUT2D eigenvalue weighted by Crippen LogP contribution is -2.35. The van der Waals surface area contributed by atoms with Crippen molar-refractivity contribution in [1.29, 1.82) is 5.26 Å². The van der Waals surface area contributed by atoms with E-state index in [9.17, 15) is 14.9 Å². The number of allylic oxidation sites excluding steroid dienone is 2. The number of carbonyl (C=O) groups excluding carboxylic acids is 2. The summed E-state index contributed by atoms with van der Waals surface area (Å²) in [7, 11) is 1.39. The van der Waals surface area contributed by atoms with Gasteiger partial charge in [-0.1, -0.05) is 12.1 Å². The maximum Gasteiger partial charge on any atom is 0.336 e. The Bertz CT molecular complexity index is 1300. The van der Waals surface area contributed by atoms with E-state index >= 15 is 0 Å². The third-order valence-electron chi connectivity index (χ3n) is 7.23. The number of carbonyl (C=O) groups is 2. The van der Waals surface area contributed by atoms with Gasteiger partial charge >= 0.3 is 11.9 Å². The minimum Gasteiger partial charge on any atom is -0.466 e. The molecule has 7 heteroatoms. The lowest BCUT2D eigenvalue weighted by atomic mass is 9.78. The molecule has 34 heavy (non-hydrogen) atoms. The van der Waals surface area contributed by atoms with Crippen molar-refractivity contribution in [2.75, 3.05) is 13.7 Å². The maximum absolute atomic E-state index is 13.6. The third-order valence-corrected chi connectivity index (χ3v) is 8.28. The van der Waals surface area contributed by atoms with Gasteiger partial charge in [-0.2, -0.15) is 5.26 Å². The van der Waals surface area contributed by atoms with Gasteiger partial charge in [0.2, 0.25) is 0 Å². The SMILES string of the molecule is COC(=O)C1=C(C2CC2)NC(C2CC2)=C(C(=O)OCC2CC2)C1c1csc2c(C#N)cccc12. The summed E-state index contributed by atoms with van der Waals surface area (Å²) in [6, 6.07) is 7.90. The number of benzene rings is 1. The van der Waals surface area contributed by atoms with Gasteiger partial charge < -0.3 is 14.8 Å². The summed E-state index contributed by atoms with van der Waals surface area (Å²) in [5.74, 6) is -0.348. The molecule has 1 aromatic heterocycles. The van der Waals surface area contributed by atoms with Gasteiger partial charge in [0, 0.05) is 11.4 Å². The van der Waals surface area contributed by atoms with E-state index in [-0.39, 0.29) is 17.8 Å². The minimum atomic E-state index is -0.575. The quantitative estimate of drug-likeness (QED) is 0.574. The van der Waals surface area contributed by atoms with E-state index in [0.717, 1.165) is 65.6 Å². The zero-order valence-corrected chi connectivity index (χ0v) is 19.9. The van der Waals surface area contributed by atoms with Crippen LogP contribution < -0.4 is 5.32 Å². The van der Waals surface area contributed by atoms with Gasteiger partial charge in [0.1, 0.15) is 6.07 Å². The van der Waals surface area contributed by atoms with Gasteiger partial charge in [-0.3, -0.25) is 0 Å². The molecule has 3 saturated carbocycles. The predicted molar refractivity (Wildman–Crippen MR) is 128 cm³/mol. The van der Waals surface area contributed by atoms with E-state index in [4.69, 9.17) is 9.47 Å². The second-order valence-electron chi connectivity index (χ2n) is 9.78. The van der Waals surface area contributed by atoms with Crippen LogP contribution in [0.1, 0.15) is 55.6 Å². The molecular weight excluding hydrogens is 448 g/mol. The van der Waals surface area contributed by atoms with Gasteiger partial charge in [0.15, 0.2) is 0 Å². The molecule has 1 atom stereocenters. The van der Waals surface area contributed by atoms with Crippen molar-refractivity contribution in [2.45, 2.75) is 44.4 Å². The maximum atomic E-state index is 13.6. The van der Waals surface area contributed by atoms with Crippen molar-refractivity contribution >= 4 is 33.4 Å². The number of nitriles is 1. The Balaban J connectivity index is 1.56. The van der Waals surface area contributed by atoms with Crippen LogP contribution in [0.15, 0.2) is 46.1 Å². The van der Waals surface area contributed by atoms with Gasteiger partial charge in [-0.15, -0.1) is 11.3 Å². The fraction of sp³-hybridized carbons (Fsp3) is 0.444. The molecule has 1 aliphatic heterocycles. The highest BCUT2D eigenvalue weighted by atomic mass is 32.1.